The minimum atomic E-state index is -0.420. The molecule has 0 fully saturated rings. The van der Waals surface area contributed by atoms with Crippen LogP contribution in [0.25, 0.3) is 0 Å². The zero-order valence-electron chi connectivity index (χ0n) is 12.1. The van der Waals surface area contributed by atoms with E-state index in [1.807, 2.05) is 54.9 Å². The zero-order chi connectivity index (χ0) is 14.4. The largest absolute Gasteiger partial charge is 0.388 e. The Balaban J connectivity index is 1.89. The summed E-state index contributed by atoms with van der Waals surface area (Å²) in [6.45, 7) is 3.80. The average molecular weight is 270 g/mol. The van der Waals surface area contributed by atoms with Crippen LogP contribution in [0.5, 0.6) is 0 Å². The average Bonchev–Trinajstić information content (AvgIpc) is 2.48. The lowest BCUT2D eigenvalue weighted by atomic mass is 9.97. The van der Waals surface area contributed by atoms with Crippen molar-refractivity contribution in [3.05, 3.63) is 66.0 Å². The van der Waals surface area contributed by atoms with E-state index < -0.39 is 6.10 Å². The van der Waals surface area contributed by atoms with Gasteiger partial charge in [0.25, 0.3) is 0 Å². The number of aromatic nitrogens is 1. The van der Waals surface area contributed by atoms with Crippen LogP contribution in [0.1, 0.15) is 24.2 Å². The molecule has 3 heteroatoms. The maximum atomic E-state index is 10.4. The van der Waals surface area contributed by atoms with E-state index in [1.54, 1.807) is 0 Å². The Bertz CT molecular complexity index is 501. The second-order valence-corrected chi connectivity index (χ2v) is 5.39. The number of aliphatic hydroxyl groups is 1. The zero-order valence-corrected chi connectivity index (χ0v) is 12.1. The smallest absolute Gasteiger partial charge is 0.0827 e. The van der Waals surface area contributed by atoms with Crippen molar-refractivity contribution in [3.63, 3.8) is 0 Å². The molecule has 20 heavy (non-hydrogen) atoms. The van der Waals surface area contributed by atoms with Crippen LogP contribution >= 0.6 is 0 Å². The molecule has 106 valence electrons. The van der Waals surface area contributed by atoms with Crippen LogP contribution < -0.4 is 0 Å². The van der Waals surface area contributed by atoms with Gasteiger partial charge in [0, 0.05) is 25.5 Å². The summed E-state index contributed by atoms with van der Waals surface area (Å²) in [4.78, 5) is 6.25. The van der Waals surface area contributed by atoms with Crippen molar-refractivity contribution in [2.75, 3.05) is 13.6 Å². The second-order valence-electron chi connectivity index (χ2n) is 5.39. The van der Waals surface area contributed by atoms with Crippen molar-refractivity contribution in [2.24, 2.45) is 5.92 Å². The monoisotopic (exact) mass is 270 g/mol. The Morgan fingerprint density at radius 2 is 1.75 bits per heavy atom. The molecule has 1 aromatic carbocycles. The molecule has 0 saturated heterocycles. The number of aliphatic hydroxyl groups excluding tert-OH is 1. The summed E-state index contributed by atoms with van der Waals surface area (Å²) < 4.78 is 0. The fraction of sp³-hybridized carbons (Fsp3) is 0.353. The van der Waals surface area contributed by atoms with E-state index in [2.05, 4.69) is 23.9 Å². The van der Waals surface area contributed by atoms with E-state index in [4.69, 9.17) is 0 Å². The first kappa shape index (κ1) is 14.7. The van der Waals surface area contributed by atoms with E-state index in [9.17, 15) is 5.11 Å². The van der Waals surface area contributed by atoms with Gasteiger partial charge >= 0.3 is 0 Å². The van der Waals surface area contributed by atoms with Crippen LogP contribution in [-0.2, 0) is 6.54 Å². The maximum Gasteiger partial charge on any atom is 0.0827 e. The van der Waals surface area contributed by atoms with Crippen LogP contribution in [0.4, 0.5) is 0 Å². The van der Waals surface area contributed by atoms with Crippen LogP contribution in [0, 0.1) is 5.92 Å². The third kappa shape index (κ3) is 4.15. The standard InChI is InChI=1S/C17H22N2O/c1-14(17(20)16-6-4-3-5-7-16)12-19(2)13-15-8-10-18-11-9-15/h3-11,14,17,20H,12-13H2,1-2H3. The SMILES string of the molecule is CC(CN(C)Cc1ccncc1)C(O)c1ccccc1. The van der Waals surface area contributed by atoms with Gasteiger partial charge < -0.3 is 10.0 Å². The van der Waals surface area contributed by atoms with Crippen molar-refractivity contribution in [2.45, 2.75) is 19.6 Å². The topological polar surface area (TPSA) is 36.4 Å². The van der Waals surface area contributed by atoms with E-state index in [-0.39, 0.29) is 5.92 Å². The number of benzene rings is 1. The maximum absolute atomic E-state index is 10.4. The highest BCUT2D eigenvalue weighted by Gasteiger charge is 2.17. The molecule has 0 aliphatic heterocycles. The van der Waals surface area contributed by atoms with Crippen LogP contribution in [0.15, 0.2) is 54.9 Å². The van der Waals surface area contributed by atoms with E-state index in [0.717, 1.165) is 18.7 Å². The van der Waals surface area contributed by atoms with E-state index in [0.29, 0.717) is 0 Å². The van der Waals surface area contributed by atoms with Gasteiger partial charge in [0.2, 0.25) is 0 Å². The summed E-state index contributed by atoms with van der Waals surface area (Å²) in [6.07, 6.45) is 3.20. The van der Waals surface area contributed by atoms with Gasteiger partial charge in [0.05, 0.1) is 6.10 Å². The van der Waals surface area contributed by atoms with Gasteiger partial charge in [-0.05, 0) is 36.2 Å². The van der Waals surface area contributed by atoms with Crippen molar-refractivity contribution < 1.29 is 5.11 Å². The van der Waals surface area contributed by atoms with Crippen molar-refractivity contribution >= 4 is 0 Å². The summed E-state index contributed by atoms with van der Waals surface area (Å²) in [5, 5.41) is 10.4. The number of hydrogen-bond acceptors (Lipinski definition) is 3. The Morgan fingerprint density at radius 3 is 2.40 bits per heavy atom. The molecular formula is C17H22N2O. The molecule has 0 aliphatic rings. The first-order valence-electron chi connectivity index (χ1n) is 6.97. The van der Waals surface area contributed by atoms with Gasteiger partial charge in [-0.25, -0.2) is 0 Å². The first-order chi connectivity index (χ1) is 9.66. The Kier molecular flexibility index (Phi) is 5.27. The molecule has 0 bridgehead atoms. The predicted octanol–water partition coefficient (Wildman–Crippen LogP) is 2.88. The lowest BCUT2D eigenvalue weighted by Crippen LogP contribution is -2.27. The Hall–Kier alpha value is -1.71. The molecule has 0 amide bonds. The van der Waals surface area contributed by atoms with Gasteiger partial charge in [-0.3, -0.25) is 4.98 Å². The van der Waals surface area contributed by atoms with Gasteiger partial charge in [-0.2, -0.15) is 0 Å². The Labute approximate surface area is 120 Å². The molecule has 1 heterocycles. The molecule has 2 rings (SSSR count). The van der Waals surface area contributed by atoms with Crippen LogP contribution in [-0.4, -0.2) is 28.6 Å². The number of rotatable bonds is 6. The summed E-state index contributed by atoms with van der Waals surface area (Å²) in [7, 11) is 2.08. The molecule has 3 nitrogen and oxygen atoms in total. The molecule has 2 atom stereocenters. The third-order valence-electron chi connectivity index (χ3n) is 3.48. The van der Waals surface area contributed by atoms with Gasteiger partial charge in [-0.1, -0.05) is 37.3 Å². The van der Waals surface area contributed by atoms with Crippen molar-refractivity contribution in [1.82, 2.24) is 9.88 Å². The molecule has 0 spiro atoms. The number of nitrogens with zero attached hydrogens (tertiary/aromatic N) is 2. The van der Waals surface area contributed by atoms with Gasteiger partial charge in [0.1, 0.15) is 0 Å². The van der Waals surface area contributed by atoms with E-state index >= 15 is 0 Å². The molecule has 2 unspecified atom stereocenters. The highest BCUT2D eigenvalue weighted by atomic mass is 16.3. The first-order valence-corrected chi connectivity index (χ1v) is 6.97. The molecule has 0 aliphatic carbocycles. The minimum Gasteiger partial charge on any atom is -0.388 e. The summed E-state index contributed by atoms with van der Waals surface area (Å²) in [5.74, 6) is 0.184. The number of hydrogen-bond donors (Lipinski definition) is 1. The van der Waals surface area contributed by atoms with Gasteiger partial charge in [0.15, 0.2) is 0 Å². The quantitative estimate of drug-likeness (QED) is 0.877. The highest BCUT2D eigenvalue weighted by molar-refractivity contribution is 5.18. The molecule has 0 radical (unpaired) electrons. The normalized spacial score (nSPS) is 14.2. The third-order valence-corrected chi connectivity index (χ3v) is 3.48. The number of pyridine rings is 1. The lowest BCUT2D eigenvalue weighted by molar-refractivity contribution is 0.0933. The molecule has 1 N–H and O–H groups in total. The van der Waals surface area contributed by atoms with Crippen LogP contribution in [0.2, 0.25) is 0 Å². The minimum absolute atomic E-state index is 0.184. The molecule has 1 aromatic heterocycles. The van der Waals surface area contributed by atoms with Crippen LogP contribution in [0.3, 0.4) is 0 Å². The summed E-state index contributed by atoms with van der Waals surface area (Å²) >= 11 is 0. The summed E-state index contributed by atoms with van der Waals surface area (Å²) in [5.41, 5.74) is 2.22. The second kappa shape index (κ2) is 7.17. The predicted molar refractivity (Wildman–Crippen MR) is 81.1 cm³/mol. The molecule has 0 saturated carbocycles. The summed E-state index contributed by atoms with van der Waals surface area (Å²) in [6, 6.07) is 13.9. The fourth-order valence-corrected chi connectivity index (χ4v) is 2.43. The lowest BCUT2D eigenvalue weighted by Gasteiger charge is -2.25. The van der Waals surface area contributed by atoms with Crippen molar-refractivity contribution in [3.8, 4) is 0 Å². The van der Waals surface area contributed by atoms with Gasteiger partial charge in [-0.15, -0.1) is 0 Å². The fourth-order valence-electron chi connectivity index (χ4n) is 2.43. The highest BCUT2D eigenvalue weighted by Crippen LogP contribution is 2.22. The van der Waals surface area contributed by atoms with E-state index in [1.165, 1.54) is 5.56 Å². The molecule has 2 aromatic rings. The Morgan fingerprint density at radius 1 is 1.10 bits per heavy atom. The van der Waals surface area contributed by atoms with Crippen molar-refractivity contribution in [1.29, 1.82) is 0 Å². The molecular weight excluding hydrogens is 248 g/mol.